The third kappa shape index (κ3) is 6.24. The molecule has 3 rings (SSSR count). The van der Waals surface area contributed by atoms with Gasteiger partial charge >= 0.3 is 0 Å². The van der Waals surface area contributed by atoms with Gasteiger partial charge in [-0.25, -0.2) is 0 Å². The number of pyridine rings is 1. The number of ether oxygens (including phenoxy) is 1. The average molecular weight is 405 g/mol. The molecule has 0 aliphatic heterocycles. The Morgan fingerprint density at radius 1 is 0.933 bits per heavy atom. The van der Waals surface area contributed by atoms with Gasteiger partial charge in [-0.15, -0.1) is 0 Å². The Labute approximate surface area is 177 Å². The third-order valence-corrected chi connectivity index (χ3v) is 4.82. The number of hydrogen-bond donors (Lipinski definition) is 2. The van der Waals surface area contributed by atoms with Gasteiger partial charge in [-0.2, -0.15) is 0 Å². The molecule has 0 amide bonds. The first-order chi connectivity index (χ1) is 14.7. The summed E-state index contributed by atoms with van der Waals surface area (Å²) in [4.78, 5) is 16.1. The van der Waals surface area contributed by atoms with E-state index in [1.165, 1.54) is 5.56 Å². The maximum Gasteiger partial charge on any atom is 0.250 e. The number of nitrogens with one attached hydrogen (secondary N) is 2. The van der Waals surface area contributed by atoms with Crippen molar-refractivity contribution in [2.24, 2.45) is 4.99 Å². The van der Waals surface area contributed by atoms with Crippen molar-refractivity contribution >= 4 is 5.96 Å². The highest BCUT2D eigenvalue weighted by Crippen LogP contribution is 2.11. The van der Waals surface area contributed by atoms with E-state index in [2.05, 4.69) is 52.0 Å². The van der Waals surface area contributed by atoms with Gasteiger partial charge in [-0.05, 0) is 41.3 Å². The number of aromatic nitrogens is 1. The summed E-state index contributed by atoms with van der Waals surface area (Å²) in [6.07, 6.45) is 2.71. The SMILES string of the molecule is CN=C(NCCc1ccc(OC)cc1)NCc1ccc(Cn2ccccc2=O)cc1. The summed E-state index contributed by atoms with van der Waals surface area (Å²) < 4.78 is 6.88. The van der Waals surface area contributed by atoms with Gasteiger partial charge in [0, 0.05) is 32.4 Å². The zero-order valence-corrected chi connectivity index (χ0v) is 17.5. The molecule has 0 spiro atoms. The van der Waals surface area contributed by atoms with Crippen molar-refractivity contribution < 1.29 is 4.74 Å². The molecule has 2 aromatic carbocycles. The number of methoxy groups -OCH3 is 1. The Bertz CT molecular complexity index is 1010. The van der Waals surface area contributed by atoms with Crippen LogP contribution in [-0.4, -0.2) is 31.2 Å². The minimum atomic E-state index is 0.00718. The van der Waals surface area contributed by atoms with Crippen LogP contribution in [0.25, 0.3) is 0 Å². The van der Waals surface area contributed by atoms with E-state index in [0.717, 1.165) is 35.8 Å². The predicted octanol–water partition coefficient (Wildman–Crippen LogP) is 2.81. The Morgan fingerprint density at radius 3 is 2.30 bits per heavy atom. The van der Waals surface area contributed by atoms with Gasteiger partial charge in [0.15, 0.2) is 5.96 Å². The van der Waals surface area contributed by atoms with E-state index in [9.17, 15) is 4.79 Å². The van der Waals surface area contributed by atoms with E-state index < -0.39 is 0 Å². The van der Waals surface area contributed by atoms with Crippen molar-refractivity contribution in [3.05, 3.63) is 100.0 Å². The highest BCUT2D eigenvalue weighted by molar-refractivity contribution is 5.79. The Hall–Kier alpha value is -3.54. The monoisotopic (exact) mass is 404 g/mol. The summed E-state index contributed by atoms with van der Waals surface area (Å²) in [5.41, 5.74) is 3.49. The number of nitrogens with zero attached hydrogens (tertiary/aromatic N) is 2. The summed E-state index contributed by atoms with van der Waals surface area (Å²) in [5, 5.41) is 6.67. The lowest BCUT2D eigenvalue weighted by atomic mass is 10.1. The van der Waals surface area contributed by atoms with Crippen molar-refractivity contribution in [3.8, 4) is 5.75 Å². The largest absolute Gasteiger partial charge is 0.497 e. The second-order valence-corrected chi connectivity index (χ2v) is 6.93. The van der Waals surface area contributed by atoms with Gasteiger partial charge < -0.3 is 19.9 Å². The van der Waals surface area contributed by atoms with Gasteiger partial charge in [-0.3, -0.25) is 9.79 Å². The zero-order valence-electron chi connectivity index (χ0n) is 17.5. The molecule has 0 radical (unpaired) electrons. The van der Waals surface area contributed by atoms with Crippen LogP contribution >= 0.6 is 0 Å². The summed E-state index contributed by atoms with van der Waals surface area (Å²) >= 11 is 0. The lowest BCUT2D eigenvalue weighted by molar-refractivity contribution is 0.414. The van der Waals surface area contributed by atoms with Gasteiger partial charge in [0.2, 0.25) is 0 Å². The maximum atomic E-state index is 11.8. The molecule has 2 N–H and O–H groups in total. The standard InChI is InChI=1S/C24H28N4O2/c1-25-24(26-15-14-19-10-12-22(30-2)13-11-19)27-17-20-6-8-21(9-7-20)18-28-16-4-3-5-23(28)29/h3-13,16H,14-15,17-18H2,1-2H3,(H2,25,26,27). The first kappa shape index (κ1) is 21.2. The fourth-order valence-electron chi connectivity index (χ4n) is 3.07. The summed E-state index contributed by atoms with van der Waals surface area (Å²) in [6.45, 7) is 2.03. The van der Waals surface area contributed by atoms with Gasteiger partial charge in [0.1, 0.15) is 5.75 Å². The van der Waals surface area contributed by atoms with Crippen LogP contribution in [0.5, 0.6) is 5.75 Å². The molecular formula is C24H28N4O2. The molecule has 0 bridgehead atoms. The Morgan fingerprint density at radius 2 is 1.63 bits per heavy atom. The summed E-state index contributed by atoms with van der Waals surface area (Å²) in [7, 11) is 3.44. The first-order valence-corrected chi connectivity index (χ1v) is 9.98. The Balaban J connectivity index is 1.45. The predicted molar refractivity (Wildman–Crippen MR) is 121 cm³/mol. The molecule has 0 aliphatic carbocycles. The fraction of sp³-hybridized carbons (Fsp3) is 0.250. The Kier molecular flexibility index (Phi) is 7.66. The van der Waals surface area contributed by atoms with Crippen molar-refractivity contribution in [1.29, 1.82) is 0 Å². The highest BCUT2D eigenvalue weighted by atomic mass is 16.5. The third-order valence-electron chi connectivity index (χ3n) is 4.82. The van der Waals surface area contributed by atoms with E-state index in [4.69, 9.17) is 4.74 Å². The van der Waals surface area contributed by atoms with Crippen molar-refractivity contribution in [2.75, 3.05) is 20.7 Å². The van der Waals surface area contributed by atoms with Gasteiger partial charge in [0.25, 0.3) is 5.56 Å². The van der Waals surface area contributed by atoms with E-state index in [1.54, 1.807) is 37.1 Å². The van der Waals surface area contributed by atoms with Crippen LogP contribution < -0.4 is 20.9 Å². The number of benzene rings is 2. The fourth-order valence-corrected chi connectivity index (χ4v) is 3.07. The second-order valence-electron chi connectivity index (χ2n) is 6.93. The second kappa shape index (κ2) is 10.9. The molecule has 6 heteroatoms. The lowest BCUT2D eigenvalue weighted by Crippen LogP contribution is -2.37. The summed E-state index contributed by atoms with van der Waals surface area (Å²) in [6, 6.07) is 21.5. The molecule has 30 heavy (non-hydrogen) atoms. The van der Waals surface area contributed by atoms with E-state index >= 15 is 0 Å². The van der Waals surface area contributed by atoms with Crippen LogP contribution in [0.2, 0.25) is 0 Å². The van der Waals surface area contributed by atoms with Crippen molar-refractivity contribution in [1.82, 2.24) is 15.2 Å². The average Bonchev–Trinajstić information content (AvgIpc) is 2.79. The molecule has 3 aromatic rings. The van der Waals surface area contributed by atoms with E-state index in [0.29, 0.717) is 13.1 Å². The zero-order chi connectivity index (χ0) is 21.2. The van der Waals surface area contributed by atoms with Crippen LogP contribution in [0.1, 0.15) is 16.7 Å². The van der Waals surface area contributed by atoms with Crippen molar-refractivity contribution in [2.45, 2.75) is 19.5 Å². The van der Waals surface area contributed by atoms with Crippen molar-refractivity contribution in [3.63, 3.8) is 0 Å². The van der Waals surface area contributed by atoms with Crippen LogP contribution in [0.4, 0.5) is 0 Å². The molecule has 1 heterocycles. The number of aliphatic imine (C=N–C) groups is 1. The molecule has 0 atom stereocenters. The molecular weight excluding hydrogens is 376 g/mol. The molecule has 6 nitrogen and oxygen atoms in total. The summed E-state index contributed by atoms with van der Waals surface area (Å²) in [5.74, 6) is 1.63. The lowest BCUT2D eigenvalue weighted by Gasteiger charge is -2.12. The smallest absolute Gasteiger partial charge is 0.250 e. The van der Waals surface area contributed by atoms with E-state index in [-0.39, 0.29) is 5.56 Å². The minimum absolute atomic E-state index is 0.00718. The molecule has 0 saturated carbocycles. The number of guanidine groups is 1. The van der Waals surface area contributed by atoms with Crippen LogP contribution in [0.3, 0.4) is 0 Å². The van der Waals surface area contributed by atoms with Gasteiger partial charge in [0.05, 0.1) is 13.7 Å². The molecule has 0 unspecified atom stereocenters. The topological polar surface area (TPSA) is 67.7 Å². The van der Waals surface area contributed by atoms with Crippen LogP contribution in [0, 0.1) is 0 Å². The van der Waals surface area contributed by atoms with E-state index in [1.807, 2.05) is 18.2 Å². The maximum absolute atomic E-state index is 11.8. The molecule has 156 valence electrons. The van der Waals surface area contributed by atoms with Gasteiger partial charge in [-0.1, -0.05) is 42.5 Å². The number of rotatable bonds is 8. The minimum Gasteiger partial charge on any atom is -0.497 e. The molecule has 0 fully saturated rings. The quantitative estimate of drug-likeness (QED) is 0.448. The molecule has 1 aromatic heterocycles. The normalized spacial score (nSPS) is 11.2. The number of hydrogen-bond acceptors (Lipinski definition) is 3. The van der Waals surface area contributed by atoms with Crippen LogP contribution in [0.15, 0.2) is 82.7 Å². The highest BCUT2D eigenvalue weighted by Gasteiger charge is 2.01. The molecule has 0 aliphatic rings. The molecule has 0 saturated heterocycles. The first-order valence-electron chi connectivity index (χ1n) is 9.98. The van der Waals surface area contributed by atoms with Crippen LogP contribution in [-0.2, 0) is 19.5 Å².